The number of benzene rings is 1. The predicted octanol–water partition coefficient (Wildman–Crippen LogP) is 2.48. The number of aromatic nitrogens is 2. The van der Waals surface area contributed by atoms with Crippen molar-refractivity contribution in [3.8, 4) is 0 Å². The van der Waals surface area contributed by atoms with Crippen molar-refractivity contribution in [1.29, 1.82) is 0 Å². The molecule has 9 heteroatoms. The number of hydrogen-bond donors (Lipinski definition) is 0. The van der Waals surface area contributed by atoms with Crippen LogP contribution in [0, 0.1) is 0 Å². The first-order chi connectivity index (χ1) is 14.1. The molecule has 1 aromatic carbocycles. The molecule has 0 unspecified atom stereocenters. The van der Waals surface area contributed by atoms with Crippen LogP contribution in [0.3, 0.4) is 0 Å². The molecule has 2 atom stereocenters. The van der Waals surface area contributed by atoms with E-state index in [1.165, 1.54) is 6.26 Å². The highest BCUT2D eigenvalue weighted by Crippen LogP contribution is 2.49. The van der Waals surface area contributed by atoms with Crippen LogP contribution in [0.4, 0.5) is 5.69 Å². The summed E-state index contributed by atoms with van der Waals surface area (Å²) in [6.07, 6.45) is 6.42. The number of carbonyl (C=O) groups excluding carboxylic acids is 1. The predicted molar refractivity (Wildman–Crippen MR) is 118 cm³/mol. The van der Waals surface area contributed by atoms with Crippen LogP contribution >= 0.6 is 11.6 Å². The Hall–Kier alpha value is -1.90. The zero-order valence-corrected chi connectivity index (χ0v) is 19.1. The molecule has 0 aliphatic carbocycles. The van der Waals surface area contributed by atoms with Gasteiger partial charge in [0.1, 0.15) is 9.84 Å². The van der Waals surface area contributed by atoms with Crippen LogP contribution in [0.15, 0.2) is 30.6 Å². The smallest absolute Gasteiger partial charge is 0.237 e. The van der Waals surface area contributed by atoms with Gasteiger partial charge in [-0.2, -0.15) is 5.10 Å². The topological polar surface area (TPSA) is 75.5 Å². The van der Waals surface area contributed by atoms with Crippen molar-refractivity contribution in [3.63, 3.8) is 0 Å². The summed E-state index contributed by atoms with van der Waals surface area (Å²) in [6.45, 7) is 4.03. The third-order valence-electron chi connectivity index (χ3n) is 6.41. The van der Waals surface area contributed by atoms with E-state index >= 15 is 0 Å². The summed E-state index contributed by atoms with van der Waals surface area (Å²) in [6, 6.07) is 5.93. The van der Waals surface area contributed by atoms with E-state index in [0.717, 1.165) is 42.7 Å². The van der Waals surface area contributed by atoms with Gasteiger partial charge in [-0.3, -0.25) is 14.4 Å². The van der Waals surface area contributed by atoms with E-state index in [2.05, 4.69) is 16.9 Å². The van der Waals surface area contributed by atoms with Gasteiger partial charge >= 0.3 is 0 Å². The average molecular weight is 451 g/mol. The summed E-state index contributed by atoms with van der Waals surface area (Å²) in [5.41, 5.74) is 2.54. The maximum absolute atomic E-state index is 13.2. The zero-order valence-electron chi connectivity index (χ0n) is 17.5. The molecule has 0 saturated carbocycles. The molecule has 1 aromatic heterocycles. The normalized spacial score (nSPS) is 24.6. The molecule has 1 saturated heterocycles. The molecule has 3 heterocycles. The first-order valence-electron chi connectivity index (χ1n) is 10.1. The summed E-state index contributed by atoms with van der Waals surface area (Å²) in [5.74, 6) is 0.230. The van der Waals surface area contributed by atoms with Gasteiger partial charge in [0.15, 0.2) is 0 Å². The van der Waals surface area contributed by atoms with E-state index in [4.69, 9.17) is 11.6 Å². The van der Waals surface area contributed by atoms with Gasteiger partial charge in [0.05, 0.1) is 23.9 Å². The molecule has 4 rings (SSSR count). The van der Waals surface area contributed by atoms with Gasteiger partial charge in [0, 0.05) is 54.9 Å². The Balaban J connectivity index is 1.48. The number of carbonyl (C=O) groups is 1. The summed E-state index contributed by atoms with van der Waals surface area (Å²) < 4.78 is 24.4. The molecule has 2 aliphatic rings. The van der Waals surface area contributed by atoms with Crippen LogP contribution in [-0.4, -0.2) is 60.6 Å². The first-order valence-corrected chi connectivity index (χ1v) is 12.5. The second kappa shape index (κ2) is 7.66. The molecule has 162 valence electrons. The maximum atomic E-state index is 13.2. The number of fused-ring (bicyclic) bond motifs is 2. The van der Waals surface area contributed by atoms with E-state index < -0.39 is 15.3 Å². The molecular weight excluding hydrogens is 424 g/mol. The fraction of sp³-hybridized carbons (Fsp3) is 0.524. The summed E-state index contributed by atoms with van der Waals surface area (Å²) in [4.78, 5) is 17.3. The zero-order chi connectivity index (χ0) is 21.7. The minimum absolute atomic E-state index is 0.0777. The highest BCUT2D eigenvalue weighted by atomic mass is 35.5. The van der Waals surface area contributed by atoms with Gasteiger partial charge in [-0.1, -0.05) is 11.6 Å². The minimum Gasteiger partial charge on any atom is -0.314 e. The van der Waals surface area contributed by atoms with E-state index in [-0.39, 0.29) is 17.7 Å². The number of aryl methyl sites for hydroxylation is 1. The molecule has 30 heavy (non-hydrogen) atoms. The van der Waals surface area contributed by atoms with Crippen molar-refractivity contribution in [3.05, 3.63) is 46.7 Å². The molecule has 7 nitrogen and oxygen atoms in total. The highest BCUT2D eigenvalue weighted by molar-refractivity contribution is 7.90. The number of rotatable bonds is 5. The minimum atomic E-state index is -3.02. The lowest BCUT2D eigenvalue weighted by Gasteiger charge is -2.42. The van der Waals surface area contributed by atoms with Crippen LogP contribution in [0.1, 0.15) is 30.9 Å². The van der Waals surface area contributed by atoms with Gasteiger partial charge in [-0.25, -0.2) is 8.42 Å². The molecule has 0 N–H and O–H groups in total. The maximum Gasteiger partial charge on any atom is 0.237 e. The Bertz CT molecular complexity index is 1080. The van der Waals surface area contributed by atoms with Crippen LogP contribution < -0.4 is 4.90 Å². The van der Waals surface area contributed by atoms with Gasteiger partial charge < -0.3 is 4.90 Å². The number of piperidine rings is 1. The lowest BCUT2D eigenvalue weighted by molar-refractivity contribution is -0.125. The first kappa shape index (κ1) is 21.3. The molecule has 0 bridgehead atoms. The number of nitrogens with zero attached hydrogens (tertiary/aromatic N) is 4. The van der Waals surface area contributed by atoms with Crippen molar-refractivity contribution in [2.45, 2.75) is 44.3 Å². The van der Waals surface area contributed by atoms with E-state index in [1.807, 2.05) is 31.4 Å². The van der Waals surface area contributed by atoms with Gasteiger partial charge in [0.25, 0.3) is 0 Å². The Morgan fingerprint density at radius 3 is 2.80 bits per heavy atom. The van der Waals surface area contributed by atoms with Crippen molar-refractivity contribution >= 4 is 33.0 Å². The lowest BCUT2D eigenvalue weighted by Crippen LogP contribution is -2.51. The largest absolute Gasteiger partial charge is 0.314 e. The Kier molecular flexibility index (Phi) is 5.45. The summed E-state index contributed by atoms with van der Waals surface area (Å²) in [5, 5.41) is 4.95. The van der Waals surface area contributed by atoms with E-state index in [9.17, 15) is 13.2 Å². The van der Waals surface area contributed by atoms with Gasteiger partial charge in [0.2, 0.25) is 5.91 Å². The molecule has 1 amide bonds. The standard InChI is InChI=1S/C21H27ClN4O3S/c1-15-11-21(18-10-17(22)4-5-19(18)24(2)20(21)27)6-7-25(15)13-16-12-23-26(14-16)8-9-30(3,28)29/h4-5,10,12,14-15H,6-9,11,13H2,1-3H3/t15-,21+/m0/s1. The number of amides is 1. The highest BCUT2D eigenvalue weighted by Gasteiger charge is 2.52. The Morgan fingerprint density at radius 2 is 2.10 bits per heavy atom. The molecule has 2 aromatic rings. The third-order valence-corrected chi connectivity index (χ3v) is 7.57. The summed E-state index contributed by atoms with van der Waals surface area (Å²) in [7, 11) is -1.18. The van der Waals surface area contributed by atoms with Crippen molar-refractivity contribution in [1.82, 2.24) is 14.7 Å². The monoisotopic (exact) mass is 450 g/mol. The summed E-state index contributed by atoms with van der Waals surface area (Å²) >= 11 is 6.26. The molecule has 1 fully saturated rings. The third kappa shape index (κ3) is 3.88. The van der Waals surface area contributed by atoms with Crippen LogP contribution in [0.25, 0.3) is 0 Å². The lowest BCUT2D eigenvalue weighted by atomic mass is 9.71. The number of sulfone groups is 1. The Morgan fingerprint density at radius 1 is 1.33 bits per heavy atom. The van der Waals surface area contributed by atoms with Crippen LogP contribution in [-0.2, 0) is 33.1 Å². The second-order valence-corrected chi connectivity index (χ2v) is 11.3. The van der Waals surface area contributed by atoms with Crippen molar-refractivity contribution in [2.24, 2.45) is 0 Å². The fourth-order valence-electron chi connectivity index (χ4n) is 4.80. The number of likely N-dealkylation sites (tertiary alicyclic amines) is 1. The number of halogens is 1. The molecule has 2 aliphatic heterocycles. The van der Waals surface area contributed by atoms with Gasteiger partial charge in [-0.05, 0) is 43.5 Å². The Labute approximate surface area is 182 Å². The van der Waals surface area contributed by atoms with E-state index in [0.29, 0.717) is 11.6 Å². The number of likely N-dealkylation sites (N-methyl/N-ethyl adjacent to an activating group) is 1. The number of hydrogen-bond acceptors (Lipinski definition) is 5. The van der Waals surface area contributed by atoms with Crippen molar-refractivity contribution < 1.29 is 13.2 Å². The van der Waals surface area contributed by atoms with Crippen LogP contribution in [0.5, 0.6) is 0 Å². The molecular formula is C21H27ClN4O3S. The van der Waals surface area contributed by atoms with E-state index in [1.54, 1.807) is 15.8 Å². The molecule has 1 spiro atoms. The molecule has 0 radical (unpaired) electrons. The average Bonchev–Trinajstić information content (AvgIpc) is 3.20. The fourth-order valence-corrected chi connectivity index (χ4v) is 5.49. The number of anilines is 1. The SMILES string of the molecule is C[C@H]1C[C@@]2(CCN1Cc1cnn(CCS(C)(=O)=O)c1)C(=O)N(C)c1ccc(Cl)cc12. The van der Waals surface area contributed by atoms with Crippen molar-refractivity contribution in [2.75, 3.05) is 30.5 Å². The quantitative estimate of drug-likeness (QED) is 0.699. The van der Waals surface area contributed by atoms with Crippen LogP contribution in [0.2, 0.25) is 5.02 Å². The van der Waals surface area contributed by atoms with Gasteiger partial charge in [-0.15, -0.1) is 0 Å². The second-order valence-electron chi connectivity index (χ2n) is 8.62.